The van der Waals surface area contributed by atoms with E-state index in [-0.39, 0.29) is 24.8 Å². The van der Waals surface area contributed by atoms with Crippen LogP contribution in [0.1, 0.15) is 17.7 Å². The summed E-state index contributed by atoms with van der Waals surface area (Å²) in [6.45, 7) is 4.40. The van der Waals surface area contributed by atoms with Crippen molar-refractivity contribution in [2.45, 2.75) is 25.9 Å². The quantitative estimate of drug-likeness (QED) is 0.930. The number of para-hydroxylation sites is 1. The molecule has 0 atom stereocenters. The lowest BCUT2D eigenvalue weighted by atomic mass is 10.1. The van der Waals surface area contributed by atoms with Crippen LogP contribution in [0.2, 0.25) is 0 Å². The second-order valence-electron chi connectivity index (χ2n) is 5.68. The molecule has 0 fully saturated rings. The first kappa shape index (κ1) is 18.3. The zero-order valence-electron chi connectivity index (χ0n) is 12.8. The van der Waals surface area contributed by atoms with Crippen LogP contribution in [-0.2, 0) is 19.5 Å². The average molecular weight is 330 g/mol. The predicted octanol–water partition coefficient (Wildman–Crippen LogP) is 3.08. The minimum Gasteiger partial charge on any atom is -0.343 e. The molecule has 1 N–H and O–H groups in total. The van der Waals surface area contributed by atoms with Gasteiger partial charge in [-0.2, -0.15) is 0 Å². The first-order valence-corrected chi connectivity index (χ1v) is 7.22. The number of halogens is 2. The lowest BCUT2D eigenvalue weighted by Crippen LogP contribution is -2.25. The van der Waals surface area contributed by atoms with Crippen LogP contribution in [0.15, 0.2) is 24.3 Å². The smallest absolute Gasteiger partial charge is 0.0485 e. The summed E-state index contributed by atoms with van der Waals surface area (Å²) in [5.41, 5.74) is 4.49. The van der Waals surface area contributed by atoms with Crippen molar-refractivity contribution in [2.75, 3.05) is 27.2 Å². The molecule has 1 aliphatic rings. The highest BCUT2D eigenvalue weighted by molar-refractivity contribution is 5.86. The lowest BCUT2D eigenvalue weighted by Gasteiger charge is -2.18. The number of aromatic nitrogens is 1. The molecule has 5 heteroatoms. The third-order valence-electron chi connectivity index (χ3n) is 4.03. The van der Waals surface area contributed by atoms with Crippen molar-refractivity contribution in [3.63, 3.8) is 0 Å². The summed E-state index contributed by atoms with van der Waals surface area (Å²) in [7, 11) is 4.29. The second-order valence-corrected chi connectivity index (χ2v) is 5.68. The fourth-order valence-electron chi connectivity index (χ4n) is 3.13. The molecule has 0 radical (unpaired) electrons. The maximum atomic E-state index is 3.51. The first-order valence-electron chi connectivity index (χ1n) is 7.22. The molecule has 0 saturated heterocycles. The molecule has 0 bridgehead atoms. The molecule has 0 spiro atoms. The van der Waals surface area contributed by atoms with Crippen molar-refractivity contribution in [1.29, 1.82) is 0 Å². The van der Waals surface area contributed by atoms with Gasteiger partial charge in [0.2, 0.25) is 0 Å². The molecule has 0 aliphatic carbocycles. The Kier molecular flexibility index (Phi) is 7.01. The van der Waals surface area contributed by atoms with Gasteiger partial charge in [-0.3, -0.25) is 0 Å². The van der Waals surface area contributed by atoms with Crippen LogP contribution in [0, 0.1) is 0 Å². The fourth-order valence-corrected chi connectivity index (χ4v) is 3.13. The van der Waals surface area contributed by atoms with Gasteiger partial charge in [0.05, 0.1) is 0 Å². The third kappa shape index (κ3) is 3.72. The van der Waals surface area contributed by atoms with Gasteiger partial charge in [-0.25, -0.2) is 0 Å². The molecule has 0 amide bonds. The largest absolute Gasteiger partial charge is 0.343 e. The van der Waals surface area contributed by atoms with E-state index in [0.29, 0.717) is 0 Å². The van der Waals surface area contributed by atoms with Crippen molar-refractivity contribution in [3.05, 3.63) is 35.5 Å². The van der Waals surface area contributed by atoms with E-state index in [4.69, 9.17) is 0 Å². The Bertz CT molecular complexity index is 578. The van der Waals surface area contributed by atoms with E-state index in [1.165, 1.54) is 23.0 Å². The number of fused-ring (bicyclic) bond motifs is 3. The molecule has 21 heavy (non-hydrogen) atoms. The Morgan fingerprint density at radius 1 is 1.19 bits per heavy atom. The summed E-state index contributed by atoms with van der Waals surface area (Å²) >= 11 is 0. The van der Waals surface area contributed by atoms with Gasteiger partial charge in [0, 0.05) is 29.7 Å². The van der Waals surface area contributed by atoms with E-state index >= 15 is 0 Å². The molecular weight excluding hydrogens is 305 g/mol. The van der Waals surface area contributed by atoms with Crippen LogP contribution >= 0.6 is 24.8 Å². The van der Waals surface area contributed by atoms with Gasteiger partial charge < -0.3 is 14.8 Å². The van der Waals surface area contributed by atoms with Crippen LogP contribution in [0.4, 0.5) is 0 Å². The molecule has 1 aromatic heterocycles. The minimum absolute atomic E-state index is 0. The zero-order valence-corrected chi connectivity index (χ0v) is 14.4. The number of aryl methyl sites for hydroxylation is 1. The Morgan fingerprint density at radius 3 is 2.71 bits per heavy atom. The Labute approximate surface area is 139 Å². The summed E-state index contributed by atoms with van der Waals surface area (Å²) in [5, 5.41) is 4.97. The summed E-state index contributed by atoms with van der Waals surface area (Å²) in [5.74, 6) is 0. The van der Waals surface area contributed by atoms with Gasteiger partial charge in [0.15, 0.2) is 0 Å². The predicted molar refractivity (Wildman–Crippen MR) is 95.0 cm³/mol. The molecule has 2 aromatic rings. The van der Waals surface area contributed by atoms with E-state index in [9.17, 15) is 0 Å². The molecule has 0 unspecified atom stereocenters. The molecule has 2 heterocycles. The molecular formula is C16H25Cl2N3. The van der Waals surface area contributed by atoms with Crippen molar-refractivity contribution < 1.29 is 0 Å². The van der Waals surface area contributed by atoms with Gasteiger partial charge >= 0.3 is 0 Å². The van der Waals surface area contributed by atoms with Gasteiger partial charge in [-0.15, -0.1) is 24.8 Å². The molecule has 1 aromatic carbocycles. The van der Waals surface area contributed by atoms with Gasteiger partial charge in [0.1, 0.15) is 0 Å². The number of rotatable bonds is 4. The van der Waals surface area contributed by atoms with E-state index in [2.05, 4.69) is 53.1 Å². The molecule has 3 nitrogen and oxygen atoms in total. The Hall–Kier alpha value is -0.740. The fraction of sp³-hybridized carbons (Fsp3) is 0.500. The van der Waals surface area contributed by atoms with Crippen molar-refractivity contribution in [3.8, 4) is 0 Å². The average Bonchev–Trinajstić information content (AvgIpc) is 2.74. The molecule has 0 saturated carbocycles. The highest BCUT2D eigenvalue weighted by Crippen LogP contribution is 2.28. The molecule has 118 valence electrons. The van der Waals surface area contributed by atoms with E-state index in [1.807, 2.05) is 0 Å². The highest BCUT2D eigenvalue weighted by atomic mass is 35.5. The van der Waals surface area contributed by atoms with Crippen LogP contribution in [0.25, 0.3) is 10.9 Å². The second kappa shape index (κ2) is 8.04. The lowest BCUT2D eigenvalue weighted by molar-refractivity contribution is 0.385. The monoisotopic (exact) mass is 329 g/mol. The van der Waals surface area contributed by atoms with Crippen LogP contribution in [0.3, 0.4) is 0 Å². The number of nitrogens with zero attached hydrogens (tertiary/aromatic N) is 2. The summed E-state index contributed by atoms with van der Waals surface area (Å²) in [6, 6.07) is 8.86. The first-order chi connectivity index (χ1) is 9.27. The van der Waals surface area contributed by atoms with Gasteiger partial charge in [0.25, 0.3) is 0 Å². The Morgan fingerprint density at radius 2 is 1.95 bits per heavy atom. The number of benzene rings is 1. The summed E-state index contributed by atoms with van der Waals surface area (Å²) < 4.78 is 2.53. The van der Waals surface area contributed by atoms with E-state index < -0.39 is 0 Å². The van der Waals surface area contributed by atoms with Crippen LogP contribution in [-0.4, -0.2) is 36.7 Å². The minimum atomic E-state index is 0. The normalized spacial score (nSPS) is 13.7. The maximum absolute atomic E-state index is 3.51. The van der Waals surface area contributed by atoms with Gasteiger partial charge in [-0.1, -0.05) is 18.2 Å². The van der Waals surface area contributed by atoms with Gasteiger partial charge in [-0.05, 0) is 51.7 Å². The van der Waals surface area contributed by atoms with Crippen LogP contribution < -0.4 is 5.32 Å². The van der Waals surface area contributed by atoms with E-state index in [0.717, 1.165) is 32.6 Å². The summed E-state index contributed by atoms with van der Waals surface area (Å²) in [6.07, 6.45) is 2.37. The third-order valence-corrected chi connectivity index (χ3v) is 4.03. The molecule has 3 rings (SSSR count). The zero-order chi connectivity index (χ0) is 13.2. The van der Waals surface area contributed by atoms with Crippen LogP contribution in [0.5, 0.6) is 0 Å². The number of nitrogens with one attached hydrogen (secondary N) is 1. The van der Waals surface area contributed by atoms with Crippen molar-refractivity contribution >= 4 is 35.7 Å². The Balaban J connectivity index is 0.00000110. The molecule has 1 aliphatic heterocycles. The number of hydrogen-bond acceptors (Lipinski definition) is 2. The standard InChI is InChI=1S/C16H23N3.2ClH/c1-18(2)10-5-11-19-15-7-4-3-6-13(15)14-8-9-17-12-16(14)19;;/h3-4,6-7,17H,5,8-12H2,1-2H3;2*1H. The topological polar surface area (TPSA) is 20.2 Å². The maximum Gasteiger partial charge on any atom is 0.0485 e. The van der Waals surface area contributed by atoms with Crippen molar-refractivity contribution in [2.24, 2.45) is 0 Å². The van der Waals surface area contributed by atoms with Crippen molar-refractivity contribution in [1.82, 2.24) is 14.8 Å². The highest BCUT2D eigenvalue weighted by Gasteiger charge is 2.18. The SMILES string of the molecule is CN(C)CCCn1c2c(c3ccccc31)CCNC2.Cl.Cl. The number of hydrogen-bond donors (Lipinski definition) is 1. The summed E-state index contributed by atoms with van der Waals surface area (Å²) in [4.78, 5) is 2.26. The van der Waals surface area contributed by atoms with E-state index in [1.54, 1.807) is 5.56 Å².